The van der Waals surface area contributed by atoms with Gasteiger partial charge in [-0.2, -0.15) is 0 Å². The summed E-state index contributed by atoms with van der Waals surface area (Å²) in [6.45, 7) is 5.99. The van der Waals surface area contributed by atoms with Crippen molar-refractivity contribution in [3.63, 3.8) is 0 Å². The fourth-order valence-corrected chi connectivity index (χ4v) is 3.03. The van der Waals surface area contributed by atoms with Crippen LogP contribution in [0.4, 0.5) is 0 Å². The van der Waals surface area contributed by atoms with Gasteiger partial charge in [0.05, 0.1) is 0 Å². The maximum absolute atomic E-state index is 5.96. The van der Waals surface area contributed by atoms with E-state index in [9.17, 15) is 0 Å². The van der Waals surface area contributed by atoms with E-state index in [1.54, 1.807) is 0 Å². The Bertz CT molecular complexity index is 403. The Balaban J connectivity index is 1.45. The summed E-state index contributed by atoms with van der Waals surface area (Å²) in [5, 5.41) is 3.73. The van der Waals surface area contributed by atoms with Crippen LogP contribution in [0.15, 0.2) is 18.2 Å². The lowest BCUT2D eigenvalue weighted by Crippen LogP contribution is -2.36. The average molecular weight is 259 g/mol. The first-order valence-corrected chi connectivity index (χ1v) is 7.68. The van der Waals surface area contributed by atoms with Gasteiger partial charge in [-0.15, -0.1) is 0 Å². The van der Waals surface area contributed by atoms with Crippen molar-refractivity contribution in [3.8, 4) is 5.75 Å². The third kappa shape index (κ3) is 3.30. The molecule has 2 aliphatic carbocycles. The van der Waals surface area contributed by atoms with Crippen molar-refractivity contribution >= 4 is 0 Å². The molecule has 2 saturated carbocycles. The molecule has 0 aliphatic heterocycles. The summed E-state index contributed by atoms with van der Waals surface area (Å²) < 4.78 is 5.96. The summed E-state index contributed by atoms with van der Waals surface area (Å²) in [4.78, 5) is 0. The molecule has 1 aromatic carbocycles. The molecular weight excluding hydrogens is 234 g/mol. The monoisotopic (exact) mass is 259 g/mol. The highest BCUT2D eigenvalue weighted by Gasteiger charge is 2.40. The lowest BCUT2D eigenvalue weighted by Gasteiger charge is -2.18. The second-order valence-electron chi connectivity index (χ2n) is 6.22. The van der Waals surface area contributed by atoms with Gasteiger partial charge in [0.1, 0.15) is 12.4 Å². The molecule has 1 aromatic rings. The number of aryl methyl sites for hydroxylation is 2. The summed E-state index contributed by atoms with van der Waals surface area (Å²) in [5.41, 5.74) is 2.47. The van der Waals surface area contributed by atoms with E-state index in [4.69, 9.17) is 4.74 Å². The minimum Gasteiger partial charge on any atom is -0.492 e. The quantitative estimate of drug-likeness (QED) is 0.757. The van der Waals surface area contributed by atoms with Crippen LogP contribution in [0.25, 0.3) is 0 Å². The predicted molar refractivity (Wildman–Crippen MR) is 78.6 cm³/mol. The highest BCUT2D eigenvalue weighted by Crippen LogP contribution is 2.44. The van der Waals surface area contributed by atoms with Gasteiger partial charge in [-0.1, -0.05) is 18.2 Å². The van der Waals surface area contributed by atoms with E-state index in [0.29, 0.717) is 0 Å². The molecule has 0 spiro atoms. The first kappa shape index (κ1) is 13.0. The zero-order valence-electron chi connectivity index (χ0n) is 12.1. The molecule has 0 atom stereocenters. The minimum atomic E-state index is 0.779. The minimum absolute atomic E-state index is 0.779. The zero-order valence-corrected chi connectivity index (χ0v) is 12.1. The zero-order chi connectivity index (χ0) is 13.2. The van der Waals surface area contributed by atoms with Crippen LogP contribution >= 0.6 is 0 Å². The van der Waals surface area contributed by atoms with Gasteiger partial charge in [-0.25, -0.2) is 0 Å². The highest BCUT2D eigenvalue weighted by molar-refractivity contribution is 5.39. The van der Waals surface area contributed by atoms with Gasteiger partial charge in [0.25, 0.3) is 0 Å². The molecule has 2 heteroatoms. The van der Waals surface area contributed by atoms with E-state index < -0.39 is 0 Å². The largest absolute Gasteiger partial charge is 0.492 e. The number of benzene rings is 1. The Morgan fingerprint density at radius 2 is 1.68 bits per heavy atom. The number of rotatable bonds is 7. The molecule has 0 unspecified atom stereocenters. The molecule has 104 valence electrons. The van der Waals surface area contributed by atoms with Gasteiger partial charge in [-0.05, 0) is 62.5 Å². The SMILES string of the molecule is Cc1cccc(C)c1OCCNC(C1CC1)C1CC1. The molecule has 0 radical (unpaired) electrons. The molecule has 0 aromatic heterocycles. The molecule has 1 N–H and O–H groups in total. The third-order valence-electron chi connectivity index (χ3n) is 4.40. The lowest BCUT2D eigenvalue weighted by atomic mass is 10.1. The number of hydrogen-bond donors (Lipinski definition) is 1. The van der Waals surface area contributed by atoms with Crippen LogP contribution in [0.5, 0.6) is 5.75 Å². The maximum Gasteiger partial charge on any atom is 0.125 e. The molecular formula is C17H25NO. The standard InChI is InChI=1S/C17H25NO/c1-12-4-3-5-13(2)17(12)19-11-10-18-16(14-6-7-14)15-8-9-15/h3-5,14-16,18H,6-11H2,1-2H3. The van der Waals surface area contributed by atoms with E-state index in [-0.39, 0.29) is 0 Å². The van der Waals surface area contributed by atoms with Gasteiger partial charge in [-0.3, -0.25) is 0 Å². The number of nitrogens with one attached hydrogen (secondary N) is 1. The van der Waals surface area contributed by atoms with E-state index in [1.165, 1.54) is 36.8 Å². The third-order valence-corrected chi connectivity index (χ3v) is 4.40. The Morgan fingerprint density at radius 1 is 1.11 bits per heavy atom. The van der Waals surface area contributed by atoms with Crippen molar-refractivity contribution in [2.45, 2.75) is 45.6 Å². The molecule has 0 heterocycles. The number of hydrogen-bond acceptors (Lipinski definition) is 2. The molecule has 0 saturated heterocycles. The average Bonchev–Trinajstić information content (AvgIpc) is 3.26. The van der Waals surface area contributed by atoms with Gasteiger partial charge >= 0.3 is 0 Å². The fraction of sp³-hybridized carbons (Fsp3) is 0.647. The fourth-order valence-electron chi connectivity index (χ4n) is 3.03. The maximum atomic E-state index is 5.96. The molecule has 2 fully saturated rings. The van der Waals surface area contributed by atoms with Gasteiger partial charge < -0.3 is 10.1 Å². The summed E-state index contributed by atoms with van der Waals surface area (Å²) in [7, 11) is 0. The van der Waals surface area contributed by atoms with E-state index in [1.807, 2.05) is 0 Å². The van der Waals surface area contributed by atoms with Crippen LogP contribution < -0.4 is 10.1 Å². The molecule has 0 amide bonds. The van der Waals surface area contributed by atoms with E-state index in [0.717, 1.165) is 36.8 Å². The van der Waals surface area contributed by atoms with Crippen molar-refractivity contribution in [1.29, 1.82) is 0 Å². The molecule has 0 bridgehead atoms. The highest BCUT2D eigenvalue weighted by atomic mass is 16.5. The second-order valence-corrected chi connectivity index (χ2v) is 6.22. The van der Waals surface area contributed by atoms with Crippen LogP contribution in [0.1, 0.15) is 36.8 Å². The summed E-state index contributed by atoms with van der Waals surface area (Å²) >= 11 is 0. The summed E-state index contributed by atoms with van der Waals surface area (Å²) in [5.74, 6) is 3.00. The van der Waals surface area contributed by atoms with Crippen LogP contribution in [-0.4, -0.2) is 19.2 Å². The summed E-state index contributed by atoms with van der Waals surface area (Å²) in [6, 6.07) is 7.10. The van der Waals surface area contributed by atoms with E-state index in [2.05, 4.69) is 37.4 Å². The lowest BCUT2D eigenvalue weighted by molar-refractivity contribution is 0.290. The van der Waals surface area contributed by atoms with Crippen LogP contribution in [-0.2, 0) is 0 Å². The topological polar surface area (TPSA) is 21.3 Å². The smallest absolute Gasteiger partial charge is 0.125 e. The molecule has 19 heavy (non-hydrogen) atoms. The van der Waals surface area contributed by atoms with Gasteiger partial charge in [0, 0.05) is 12.6 Å². The normalized spacial score (nSPS) is 18.9. The number of para-hydroxylation sites is 1. The van der Waals surface area contributed by atoms with Crippen LogP contribution in [0.2, 0.25) is 0 Å². The van der Waals surface area contributed by atoms with E-state index >= 15 is 0 Å². The van der Waals surface area contributed by atoms with Crippen LogP contribution in [0, 0.1) is 25.7 Å². The molecule has 2 nitrogen and oxygen atoms in total. The predicted octanol–water partition coefficient (Wildman–Crippen LogP) is 3.46. The first-order valence-electron chi connectivity index (χ1n) is 7.68. The van der Waals surface area contributed by atoms with Crippen molar-refractivity contribution in [2.75, 3.05) is 13.2 Å². The Morgan fingerprint density at radius 3 is 2.21 bits per heavy atom. The Kier molecular flexibility index (Phi) is 3.79. The number of ether oxygens (including phenoxy) is 1. The van der Waals surface area contributed by atoms with Gasteiger partial charge in [0.15, 0.2) is 0 Å². The Labute approximate surface area is 116 Å². The van der Waals surface area contributed by atoms with Crippen molar-refractivity contribution in [3.05, 3.63) is 29.3 Å². The van der Waals surface area contributed by atoms with Crippen molar-refractivity contribution in [2.24, 2.45) is 11.8 Å². The molecule has 2 aliphatic rings. The Hall–Kier alpha value is -1.02. The van der Waals surface area contributed by atoms with Gasteiger partial charge in [0.2, 0.25) is 0 Å². The summed E-state index contributed by atoms with van der Waals surface area (Å²) in [6.07, 6.45) is 5.75. The second kappa shape index (κ2) is 5.54. The van der Waals surface area contributed by atoms with Crippen molar-refractivity contribution in [1.82, 2.24) is 5.32 Å². The van der Waals surface area contributed by atoms with Crippen molar-refractivity contribution < 1.29 is 4.74 Å². The van der Waals surface area contributed by atoms with Crippen LogP contribution in [0.3, 0.4) is 0 Å². The molecule has 3 rings (SSSR count). The first-order chi connectivity index (χ1) is 9.25.